The normalized spacial score (nSPS) is 11.4. The summed E-state index contributed by atoms with van der Waals surface area (Å²) in [6, 6.07) is 12.5. The lowest BCUT2D eigenvalue weighted by Crippen LogP contribution is -2.30. The molecule has 0 bridgehead atoms. The van der Waals surface area contributed by atoms with Crippen molar-refractivity contribution in [3.05, 3.63) is 70.7 Å². The summed E-state index contributed by atoms with van der Waals surface area (Å²) >= 11 is 0. The molecule has 0 N–H and O–H groups in total. The summed E-state index contributed by atoms with van der Waals surface area (Å²) < 4.78 is 8.65. The molecule has 2 aromatic heterocycles. The summed E-state index contributed by atoms with van der Waals surface area (Å²) in [7, 11) is 2.05. The standard InChI is InChI=1S/C24H23N2O/c1-14(2)20-18(25-5)13-16(4)21-17-11-10-15(3)22(23(17)27-24(20)21)19-9-7-8-12-26(19)6/h7-14H,1-4,6H3/q+1. The molecule has 4 rings (SSSR count). The number of hydrogen-bond donors (Lipinski definition) is 0. The molecule has 2 heterocycles. The van der Waals surface area contributed by atoms with Crippen LogP contribution in [-0.4, -0.2) is 0 Å². The fourth-order valence-electron chi connectivity index (χ4n) is 4.06. The number of rotatable bonds is 2. The van der Waals surface area contributed by atoms with Gasteiger partial charge in [-0.2, -0.15) is 0 Å². The van der Waals surface area contributed by atoms with Gasteiger partial charge in [-0.1, -0.05) is 32.0 Å². The number of nitrogens with zero attached hydrogens (tertiary/aromatic N) is 2. The molecule has 0 atom stereocenters. The molecule has 0 aliphatic rings. The van der Waals surface area contributed by atoms with Crippen molar-refractivity contribution < 1.29 is 8.98 Å². The zero-order chi connectivity index (χ0) is 19.3. The van der Waals surface area contributed by atoms with Gasteiger partial charge in [0, 0.05) is 28.5 Å². The Hall–Kier alpha value is -3.12. The Kier molecular flexibility index (Phi) is 4.00. The molecule has 0 unspecified atom stereocenters. The van der Waals surface area contributed by atoms with Gasteiger partial charge in [-0.25, -0.2) is 9.41 Å². The van der Waals surface area contributed by atoms with Gasteiger partial charge in [0.05, 0.1) is 12.1 Å². The Balaban J connectivity index is 2.22. The summed E-state index contributed by atoms with van der Waals surface area (Å²) in [4.78, 5) is 3.77. The van der Waals surface area contributed by atoms with Gasteiger partial charge in [0.2, 0.25) is 5.69 Å². The maximum Gasteiger partial charge on any atom is 0.216 e. The van der Waals surface area contributed by atoms with Crippen molar-refractivity contribution in [1.29, 1.82) is 0 Å². The summed E-state index contributed by atoms with van der Waals surface area (Å²) in [6.45, 7) is 16.0. The van der Waals surface area contributed by atoms with Gasteiger partial charge in [0.15, 0.2) is 11.9 Å². The SMILES string of the molecule is [C-]#[N+]c1cc(C)c2c(oc3c(-c4cccc[n+]4C)c(C)ccc32)c1C(C)C. The maximum absolute atomic E-state index is 7.60. The molecule has 0 spiro atoms. The second kappa shape index (κ2) is 6.25. The molecule has 2 aromatic carbocycles. The van der Waals surface area contributed by atoms with E-state index in [0.29, 0.717) is 5.69 Å². The van der Waals surface area contributed by atoms with E-state index in [1.165, 1.54) is 5.56 Å². The third-order valence-electron chi connectivity index (χ3n) is 5.34. The van der Waals surface area contributed by atoms with Crippen LogP contribution < -0.4 is 4.57 Å². The van der Waals surface area contributed by atoms with E-state index in [1.54, 1.807) is 0 Å². The number of aromatic nitrogens is 1. The van der Waals surface area contributed by atoms with Crippen LogP contribution in [0.15, 0.2) is 47.0 Å². The highest BCUT2D eigenvalue weighted by molar-refractivity contribution is 6.13. The Morgan fingerprint density at radius 2 is 1.81 bits per heavy atom. The van der Waals surface area contributed by atoms with Gasteiger partial charge in [0.25, 0.3) is 0 Å². The molecule has 0 fully saturated rings. The van der Waals surface area contributed by atoms with Crippen LogP contribution in [0.25, 0.3) is 38.0 Å². The van der Waals surface area contributed by atoms with Crippen LogP contribution in [0.2, 0.25) is 0 Å². The molecule has 3 nitrogen and oxygen atoms in total. The number of benzene rings is 2. The predicted molar refractivity (Wildman–Crippen MR) is 110 cm³/mol. The van der Waals surface area contributed by atoms with Crippen molar-refractivity contribution >= 4 is 27.6 Å². The Labute approximate surface area is 159 Å². The second-order valence-corrected chi connectivity index (χ2v) is 7.53. The Morgan fingerprint density at radius 1 is 1.04 bits per heavy atom. The van der Waals surface area contributed by atoms with Crippen LogP contribution in [0.3, 0.4) is 0 Å². The molecular weight excluding hydrogens is 332 g/mol. The highest BCUT2D eigenvalue weighted by Crippen LogP contribution is 2.44. The minimum absolute atomic E-state index is 0.218. The molecule has 4 aromatic rings. The van der Waals surface area contributed by atoms with Crippen LogP contribution in [0.1, 0.15) is 36.5 Å². The van der Waals surface area contributed by atoms with Crippen LogP contribution in [-0.2, 0) is 7.05 Å². The van der Waals surface area contributed by atoms with E-state index < -0.39 is 0 Å². The van der Waals surface area contributed by atoms with Crippen molar-refractivity contribution in [1.82, 2.24) is 0 Å². The van der Waals surface area contributed by atoms with Crippen molar-refractivity contribution in [2.75, 3.05) is 0 Å². The number of furan rings is 1. The predicted octanol–water partition coefficient (Wildman–Crippen LogP) is 6.37. The van der Waals surface area contributed by atoms with Crippen molar-refractivity contribution in [3.8, 4) is 11.3 Å². The molecule has 134 valence electrons. The van der Waals surface area contributed by atoms with Crippen LogP contribution in [0.5, 0.6) is 0 Å². The van der Waals surface area contributed by atoms with Gasteiger partial charge in [-0.3, -0.25) is 0 Å². The molecule has 27 heavy (non-hydrogen) atoms. The molecular formula is C24H23N2O+. The number of aryl methyl sites for hydroxylation is 3. The van der Waals surface area contributed by atoms with Crippen molar-refractivity contribution in [2.24, 2.45) is 7.05 Å². The summed E-state index contributed by atoms with van der Waals surface area (Å²) in [6.07, 6.45) is 2.05. The minimum atomic E-state index is 0.218. The molecule has 0 saturated carbocycles. The second-order valence-electron chi connectivity index (χ2n) is 7.53. The van der Waals surface area contributed by atoms with E-state index in [4.69, 9.17) is 11.0 Å². The summed E-state index contributed by atoms with van der Waals surface area (Å²) in [5.74, 6) is 0.218. The number of pyridine rings is 1. The van der Waals surface area contributed by atoms with Crippen LogP contribution in [0.4, 0.5) is 5.69 Å². The van der Waals surface area contributed by atoms with Crippen molar-refractivity contribution in [2.45, 2.75) is 33.6 Å². The van der Waals surface area contributed by atoms with Gasteiger partial charge < -0.3 is 4.42 Å². The van der Waals surface area contributed by atoms with Crippen LogP contribution >= 0.6 is 0 Å². The van der Waals surface area contributed by atoms with E-state index in [0.717, 1.165) is 44.3 Å². The molecule has 0 radical (unpaired) electrons. The fraction of sp³-hybridized carbons (Fsp3) is 0.250. The van der Waals surface area contributed by atoms with E-state index >= 15 is 0 Å². The van der Waals surface area contributed by atoms with E-state index in [-0.39, 0.29) is 5.92 Å². The smallest absolute Gasteiger partial charge is 0.216 e. The average Bonchev–Trinajstić information content (AvgIpc) is 3.01. The Morgan fingerprint density at radius 3 is 2.48 bits per heavy atom. The van der Waals surface area contributed by atoms with E-state index in [1.807, 2.05) is 12.1 Å². The maximum atomic E-state index is 7.60. The molecule has 3 heteroatoms. The Bertz CT molecular complexity index is 1240. The van der Waals surface area contributed by atoms with Gasteiger partial charge in [0.1, 0.15) is 18.2 Å². The quantitative estimate of drug-likeness (QED) is 0.302. The molecule has 0 aliphatic carbocycles. The third-order valence-corrected chi connectivity index (χ3v) is 5.34. The molecule has 0 saturated heterocycles. The zero-order valence-corrected chi connectivity index (χ0v) is 16.4. The van der Waals surface area contributed by atoms with Gasteiger partial charge in [-0.15, -0.1) is 0 Å². The lowest BCUT2D eigenvalue weighted by Gasteiger charge is -2.10. The van der Waals surface area contributed by atoms with Crippen molar-refractivity contribution in [3.63, 3.8) is 0 Å². The lowest BCUT2D eigenvalue weighted by molar-refractivity contribution is -0.660. The number of fused-ring (bicyclic) bond motifs is 3. The summed E-state index contributed by atoms with van der Waals surface area (Å²) in [5, 5.41) is 2.24. The lowest BCUT2D eigenvalue weighted by atomic mass is 9.94. The van der Waals surface area contributed by atoms with E-state index in [2.05, 4.69) is 74.6 Å². The zero-order valence-electron chi connectivity index (χ0n) is 16.4. The average molecular weight is 355 g/mol. The molecule has 0 amide bonds. The first-order valence-corrected chi connectivity index (χ1v) is 9.25. The summed E-state index contributed by atoms with van der Waals surface area (Å²) in [5.41, 5.74) is 7.96. The first-order valence-electron chi connectivity index (χ1n) is 9.25. The molecule has 0 aliphatic heterocycles. The monoisotopic (exact) mass is 355 g/mol. The van der Waals surface area contributed by atoms with Gasteiger partial charge >= 0.3 is 0 Å². The largest absolute Gasteiger partial charge is 0.456 e. The van der Waals surface area contributed by atoms with E-state index in [9.17, 15) is 0 Å². The fourth-order valence-corrected chi connectivity index (χ4v) is 4.06. The third kappa shape index (κ3) is 2.52. The highest BCUT2D eigenvalue weighted by Gasteiger charge is 2.24. The highest BCUT2D eigenvalue weighted by atomic mass is 16.3. The minimum Gasteiger partial charge on any atom is -0.456 e. The topological polar surface area (TPSA) is 21.4 Å². The number of hydrogen-bond acceptors (Lipinski definition) is 1. The first kappa shape index (κ1) is 17.3. The first-order chi connectivity index (χ1) is 12.9. The van der Waals surface area contributed by atoms with Crippen LogP contribution in [0, 0.1) is 20.4 Å². The van der Waals surface area contributed by atoms with Gasteiger partial charge in [-0.05, 0) is 37.0 Å².